The molecule has 3 heterocycles. The normalized spacial score (nSPS) is 31.0. The molecular formula is C19H29F2NO4. The smallest absolute Gasteiger partial charge is 0.249 e. The molecule has 0 unspecified atom stereocenters. The minimum absolute atomic E-state index is 0.119. The number of amides is 1. The molecule has 4 aliphatic rings. The van der Waals surface area contributed by atoms with Crippen molar-refractivity contribution < 1.29 is 27.8 Å². The Balaban J connectivity index is 1.18. The van der Waals surface area contributed by atoms with Crippen molar-refractivity contribution in [3.05, 3.63) is 0 Å². The Morgan fingerprint density at radius 2 is 1.85 bits per heavy atom. The van der Waals surface area contributed by atoms with Gasteiger partial charge in [0.2, 0.25) is 11.8 Å². The number of nitrogens with zero attached hydrogens (tertiary/aromatic N) is 1. The highest BCUT2D eigenvalue weighted by Crippen LogP contribution is 2.47. The van der Waals surface area contributed by atoms with E-state index < -0.39 is 11.8 Å². The largest absolute Gasteiger partial charge is 0.381 e. The molecule has 0 N–H and O–H groups in total. The van der Waals surface area contributed by atoms with Crippen LogP contribution in [0.3, 0.4) is 0 Å². The van der Waals surface area contributed by atoms with Gasteiger partial charge in [0.1, 0.15) is 5.60 Å². The van der Waals surface area contributed by atoms with E-state index in [4.69, 9.17) is 14.2 Å². The first-order valence-electron chi connectivity index (χ1n) is 9.93. The van der Waals surface area contributed by atoms with Gasteiger partial charge in [0.15, 0.2) is 0 Å². The lowest BCUT2D eigenvalue weighted by Gasteiger charge is -2.52. The summed E-state index contributed by atoms with van der Waals surface area (Å²) in [4.78, 5) is 14.0. The molecule has 148 valence electrons. The number of rotatable bonds is 6. The number of halogens is 2. The zero-order valence-corrected chi connectivity index (χ0v) is 15.3. The fraction of sp³-hybridized carbons (Fsp3) is 0.947. The first-order valence-corrected chi connectivity index (χ1v) is 9.93. The van der Waals surface area contributed by atoms with Crippen molar-refractivity contribution in [2.75, 3.05) is 46.1 Å². The summed E-state index contributed by atoms with van der Waals surface area (Å²) in [6.45, 7) is 5.01. The van der Waals surface area contributed by atoms with E-state index in [0.717, 1.165) is 52.1 Å². The van der Waals surface area contributed by atoms with Crippen molar-refractivity contribution >= 4 is 5.91 Å². The van der Waals surface area contributed by atoms with Crippen LogP contribution < -0.4 is 0 Å². The van der Waals surface area contributed by atoms with E-state index in [1.165, 1.54) is 0 Å². The highest BCUT2D eigenvalue weighted by atomic mass is 19.3. The Morgan fingerprint density at radius 1 is 1.12 bits per heavy atom. The third kappa shape index (κ3) is 3.76. The van der Waals surface area contributed by atoms with Crippen molar-refractivity contribution in [2.45, 2.75) is 50.0 Å². The lowest BCUT2D eigenvalue weighted by molar-refractivity contribution is -0.185. The van der Waals surface area contributed by atoms with Gasteiger partial charge in [-0.15, -0.1) is 0 Å². The Bertz CT molecular complexity index is 510. The average Bonchev–Trinajstić information content (AvgIpc) is 2.99. The van der Waals surface area contributed by atoms with Gasteiger partial charge in [-0.25, -0.2) is 8.78 Å². The Kier molecular flexibility index (Phi) is 5.23. The average molecular weight is 373 g/mol. The fourth-order valence-electron chi connectivity index (χ4n) is 4.78. The first-order chi connectivity index (χ1) is 12.5. The highest BCUT2D eigenvalue weighted by Gasteiger charge is 2.57. The Morgan fingerprint density at radius 3 is 2.54 bits per heavy atom. The molecule has 0 aromatic rings. The zero-order valence-electron chi connectivity index (χ0n) is 15.3. The number of likely N-dealkylation sites (tertiary alicyclic amines) is 1. The molecule has 3 aliphatic heterocycles. The van der Waals surface area contributed by atoms with E-state index in [1.807, 2.05) is 0 Å². The van der Waals surface area contributed by atoms with E-state index in [1.54, 1.807) is 4.90 Å². The molecule has 1 amide bonds. The minimum atomic E-state index is -2.64. The summed E-state index contributed by atoms with van der Waals surface area (Å²) in [5.74, 6) is -2.26. The fourth-order valence-corrected chi connectivity index (χ4v) is 4.78. The molecule has 1 spiro atoms. The van der Waals surface area contributed by atoms with Crippen LogP contribution in [0.4, 0.5) is 8.78 Å². The lowest BCUT2D eigenvalue weighted by Crippen LogP contribution is -2.67. The molecule has 26 heavy (non-hydrogen) atoms. The SMILES string of the molecule is O=C(C1CC(F)(F)C1)N1CC2(C1)OCC[C@H]2CCOCC1CCOCC1. The molecule has 1 atom stereocenters. The third-order valence-electron chi connectivity index (χ3n) is 6.57. The van der Waals surface area contributed by atoms with Crippen LogP contribution in [0.1, 0.15) is 38.5 Å². The van der Waals surface area contributed by atoms with Crippen LogP contribution in [-0.2, 0) is 19.0 Å². The molecule has 1 saturated carbocycles. The van der Waals surface area contributed by atoms with Gasteiger partial charge in [0.05, 0.1) is 13.1 Å². The molecule has 4 rings (SSSR count). The third-order valence-corrected chi connectivity index (χ3v) is 6.57. The predicted molar refractivity (Wildman–Crippen MR) is 90.0 cm³/mol. The molecule has 0 aromatic heterocycles. The quantitative estimate of drug-likeness (QED) is 0.671. The maximum absolute atomic E-state index is 13.0. The Labute approximate surface area is 153 Å². The molecule has 7 heteroatoms. The monoisotopic (exact) mass is 373 g/mol. The van der Waals surface area contributed by atoms with Crippen LogP contribution in [0.2, 0.25) is 0 Å². The van der Waals surface area contributed by atoms with E-state index in [2.05, 4.69) is 0 Å². The van der Waals surface area contributed by atoms with E-state index in [-0.39, 0.29) is 24.3 Å². The molecule has 4 fully saturated rings. The summed E-state index contributed by atoms with van der Waals surface area (Å²) in [6, 6.07) is 0. The van der Waals surface area contributed by atoms with Gasteiger partial charge < -0.3 is 19.1 Å². The molecule has 1 aliphatic carbocycles. The van der Waals surface area contributed by atoms with Crippen molar-refractivity contribution in [1.82, 2.24) is 4.90 Å². The van der Waals surface area contributed by atoms with Crippen molar-refractivity contribution in [3.63, 3.8) is 0 Å². The van der Waals surface area contributed by atoms with E-state index in [0.29, 0.717) is 31.5 Å². The summed E-state index contributed by atoms with van der Waals surface area (Å²) < 4.78 is 43.2. The van der Waals surface area contributed by atoms with Crippen molar-refractivity contribution in [2.24, 2.45) is 17.8 Å². The van der Waals surface area contributed by atoms with Gasteiger partial charge in [-0.3, -0.25) is 4.79 Å². The van der Waals surface area contributed by atoms with Gasteiger partial charge in [0, 0.05) is 51.8 Å². The van der Waals surface area contributed by atoms with Crippen LogP contribution >= 0.6 is 0 Å². The van der Waals surface area contributed by atoms with Crippen LogP contribution in [-0.4, -0.2) is 68.5 Å². The van der Waals surface area contributed by atoms with Crippen LogP contribution in [0.5, 0.6) is 0 Å². The molecule has 5 nitrogen and oxygen atoms in total. The number of alkyl halides is 2. The van der Waals surface area contributed by atoms with Crippen LogP contribution in [0.25, 0.3) is 0 Å². The number of hydrogen-bond acceptors (Lipinski definition) is 4. The van der Waals surface area contributed by atoms with E-state index in [9.17, 15) is 13.6 Å². The maximum Gasteiger partial charge on any atom is 0.249 e. The van der Waals surface area contributed by atoms with Gasteiger partial charge in [-0.1, -0.05) is 0 Å². The molecule has 0 aromatic carbocycles. The van der Waals surface area contributed by atoms with Gasteiger partial charge in [-0.05, 0) is 37.5 Å². The topological polar surface area (TPSA) is 48.0 Å². The van der Waals surface area contributed by atoms with E-state index >= 15 is 0 Å². The predicted octanol–water partition coefficient (Wildman–Crippen LogP) is 2.48. The summed E-state index contributed by atoms with van der Waals surface area (Å²) in [5, 5.41) is 0. The summed E-state index contributed by atoms with van der Waals surface area (Å²) in [7, 11) is 0. The summed E-state index contributed by atoms with van der Waals surface area (Å²) in [5.41, 5.74) is -0.260. The summed E-state index contributed by atoms with van der Waals surface area (Å²) in [6.07, 6.45) is 3.50. The second kappa shape index (κ2) is 7.32. The molecule has 3 saturated heterocycles. The molecule has 0 bridgehead atoms. The lowest BCUT2D eigenvalue weighted by atomic mass is 9.75. The summed E-state index contributed by atoms with van der Waals surface area (Å²) >= 11 is 0. The highest BCUT2D eigenvalue weighted by molar-refractivity contribution is 5.81. The minimum Gasteiger partial charge on any atom is -0.381 e. The number of carbonyl (C=O) groups is 1. The second-order valence-corrected chi connectivity index (χ2v) is 8.47. The zero-order chi connectivity index (χ0) is 18.2. The van der Waals surface area contributed by atoms with Gasteiger partial charge in [-0.2, -0.15) is 0 Å². The number of hydrogen-bond donors (Lipinski definition) is 0. The van der Waals surface area contributed by atoms with Gasteiger partial charge in [0.25, 0.3) is 0 Å². The van der Waals surface area contributed by atoms with Crippen LogP contribution in [0.15, 0.2) is 0 Å². The molecule has 0 radical (unpaired) electrons. The van der Waals surface area contributed by atoms with Crippen molar-refractivity contribution in [1.29, 1.82) is 0 Å². The molecular weight excluding hydrogens is 344 g/mol. The van der Waals surface area contributed by atoms with Crippen LogP contribution in [0, 0.1) is 17.8 Å². The second-order valence-electron chi connectivity index (χ2n) is 8.47. The Hall–Kier alpha value is -0.790. The van der Waals surface area contributed by atoms with Gasteiger partial charge >= 0.3 is 0 Å². The number of carbonyl (C=O) groups excluding carboxylic acids is 1. The number of ether oxygens (including phenoxy) is 3. The standard InChI is InChI=1S/C19H29F2NO4/c20-19(21)9-15(10-19)17(23)22-12-18(13-22)16(4-8-26-18)3-7-25-11-14-1-5-24-6-2-14/h14-16H,1-13H2/t16-/m1/s1. The first kappa shape index (κ1) is 18.6. The van der Waals surface area contributed by atoms with Crippen molar-refractivity contribution in [3.8, 4) is 0 Å². The maximum atomic E-state index is 13.0.